The standard InChI is InChI=1S/C21H21N3O3/c1-12(2)10-17-21(13-6-3-4-7-14(13)22-20(21)27)11-16-18(25)23-9-5-8-15(23)19(26)24(16)17/h3-4,6-7,10-11,15,17H,5,8-9H2,1-2H3,(H,22,27). The van der Waals surface area contributed by atoms with Crippen LogP contribution in [0.1, 0.15) is 32.3 Å². The summed E-state index contributed by atoms with van der Waals surface area (Å²) in [6.45, 7) is 4.49. The van der Waals surface area contributed by atoms with Crippen molar-refractivity contribution < 1.29 is 14.4 Å². The van der Waals surface area contributed by atoms with E-state index in [-0.39, 0.29) is 17.7 Å². The number of hydrogen-bond acceptors (Lipinski definition) is 3. The second-order valence-corrected chi connectivity index (χ2v) is 7.95. The van der Waals surface area contributed by atoms with E-state index in [0.717, 1.165) is 23.2 Å². The van der Waals surface area contributed by atoms with Crippen molar-refractivity contribution in [2.24, 2.45) is 0 Å². The molecule has 4 heterocycles. The minimum atomic E-state index is -1.06. The van der Waals surface area contributed by atoms with E-state index in [1.807, 2.05) is 44.2 Å². The Labute approximate surface area is 157 Å². The van der Waals surface area contributed by atoms with Crippen molar-refractivity contribution in [1.82, 2.24) is 9.80 Å². The highest BCUT2D eigenvalue weighted by Crippen LogP contribution is 2.51. The Balaban J connectivity index is 1.76. The predicted molar refractivity (Wildman–Crippen MR) is 99.6 cm³/mol. The van der Waals surface area contributed by atoms with E-state index in [4.69, 9.17) is 0 Å². The number of allylic oxidation sites excluding steroid dienone is 1. The Hall–Kier alpha value is -2.89. The zero-order valence-electron chi connectivity index (χ0n) is 15.4. The average Bonchev–Trinajstić information content (AvgIpc) is 3.31. The highest BCUT2D eigenvalue weighted by atomic mass is 16.2. The molecule has 0 radical (unpaired) electrons. The van der Waals surface area contributed by atoms with Crippen LogP contribution in [0, 0.1) is 0 Å². The number of anilines is 1. The molecule has 3 unspecified atom stereocenters. The van der Waals surface area contributed by atoms with E-state index in [1.165, 1.54) is 0 Å². The molecular formula is C21H21N3O3. The second kappa shape index (κ2) is 5.31. The Morgan fingerprint density at radius 2 is 2.00 bits per heavy atom. The minimum absolute atomic E-state index is 0.0742. The monoisotopic (exact) mass is 363 g/mol. The molecule has 4 aliphatic rings. The first-order valence-corrected chi connectivity index (χ1v) is 9.38. The van der Waals surface area contributed by atoms with Gasteiger partial charge in [0, 0.05) is 12.2 Å². The van der Waals surface area contributed by atoms with Gasteiger partial charge in [-0.25, -0.2) is 0 Å². The minimum Gasteiger partial charge on any atom is -0.325 e. The summed E-state index contributed by atoms with van der Waals surface area (Å²) < 4.78 is 0. The van der Waals surface area contributed by atoms with Crippen molar-refractivity contribution in [2.45, 2.75) is 44.2 Å². The molecule has 3 atom stereocenters. The highest BCUT2D eigenvalue weighted by molar-refractivity contribution is 6.14. The fraction of sp³-hybridized carbons (Fsp3) is 0.381. The summed E-state index contributed by atoms with van der Waals surface area (Å²) in [5.41, 5.74) is 1.84. The number of nitrogens with zero attached hydrogens (tertiary/aromatic N) is 2. The van der Waals surface area contributed by atoms with Gasteiger partial charge in [0.15, 0.2) is 0 Å². The van der Waals surface area contributed by atoms with Crippen molar-refractivity contribution >= 4 is 23.4 Å². The summed E-state index contributed by atoms with van der Waals surface area (Å²) in [5.74, 6) is -0.401. The molecule has 1 aromatic rings. The lowest BCUT2D eigenvalue weighted by atomic mass is 9.75. The first-order chi connectivity index (χ1) is 12.9. The lowest BCUT2D eigenvalue weighted by Gasteiger charge is -2.40. The van der Waals surface area contributed by atoms with Crippen LogP contribution in [0.4, 0.5) is 5.69 Å². The van der Waals surface area contributed by atoms with Crippen LogP contribution in [-0.2, 0) is 19.8 Å². The van der Waals surface area contributed by atoms with Crippen LogP contribution < -0.4 is 5.32 Å². The van der Waals surface area contributed by atoms with Crippen LogP contribution in [0.15, 0.2) is 47.7 Å². The maximum absolute atomic E-state index is 13.3. The topological polar surface area (TPSA) is 69.7 Å². The van der Waals surface area contributed by atoms with Crippen LogP contribution in [0.5, 0.6) is 0 Å². The largest absolute Gasteiger partial charge is 0.325 e. The zero-order chi connectivity index (χ0) is 18.9. The van der Waals surface area contributed by atoms with E-state index in [9.17, 15) is 14.4 Å². The molecule has 4 aliphatic heterocycles. The molecule has 6 nitrogen and oxygen atoms in total. The van der Waals surface area contributed by atoms with E-state index in [2.05, 4.69) is 5.32 Å². The number of piperazine rings is 1. The zero-order valence-corrected chi connectivity index (χ0v) is 15.4. The van der Waals surface area contributed by atoms with Crippen molar-refractivity contribution in [2.75, 3.05) is 11.9 Å². The van der Waals surface area contributed by atoms with Crippen molar-refractivity contribution in [3.05, 3.63) is 53.3 Å². The number of rotatable bonds is 1. The number of nitrogens with one attached hydrogen (secondary N) is 1. The molecule has 138 valence electrons. The average molecular weight is 363 g/mol. The third-order valence-corrected chi connectivity index (χ3v) is 6.11. The number of fused-ring (bicyclic) bond motifs is 4. The summed E-state index contributed by atoms with van der Waals surface area (Å²) in [6.07, 6.45) is 5.20. The molecule has 2 fully saturated rings. The second-order valence-electron chi connectivity index (χ2n) is 7.95. The van der Waals surface area contributed by atoms with E-state index in [0.29, 0.717) is 18.7 Å². The van der Waals surface area contributed by atoms with Gasteiger partial charge in [-0.1, -0.05) is 29.8 Å². The summed E-state index contributed by atoms with van der Waals surface area (Å²) in [5, 5.41) is 2.95. The lowest BCUT2D eigenvalue weighted by molar-refractivity contribution is -0.149. The van der Waals surface area contributed by atoms with Gasteiger partial charge in [-0.2, -0.15) is 0 Å². The van der Waals surface area contributed by atoms with Crippen LogP contribution in [-0.4, -0.2) is 46.1 Å². The molecule has 3 amide bonds. The molecule has 1 spiro atoms. The molecule has 0 saturated carbocycles. The molecule has 27 heavy (non-hydrogen) atoms. The van der Waals surface area contributed by atoms with Gasteiger partial charge in [0.05, 0.1) is 6.04 Å². The van der Waals surface area contributed by atoms with E-state index in [1.54, 1.807) is 15.9 Å². The molecule has 5 rings (SSSR count). The quantitative estimate of drug-likeness (QED) is 0.776. The van der Waals surface area contributed by atoms with Crippen molar-refractivity contribution in [3.8, 4) is 0 Å². The normalized spacial score (nSPS) is 30.9. The first-order valence-electron chi connectivity index (χ1n) is 9.38. The molecule has 1 N–H and O–H groups in total. The number of carbonyl (C=O) groups is 3. The third kappa shape index (κ3) is 1.93. The van der Waals surface area contributed by atoms with Crippen molar-refractivity contribution in [1.29, 1.82) is 0 Å². The fourth-order valence-electron chi connectivity index (χ4n) is 4.98. The van der Waals surface area contributed by atoms with Gasteiger partial charge in [-0.3, -0.25) is 19.3 Å². The Morgan fingerprint density at radius 1 is 1.22 bits per heavy atom. The molecule has 0 aromatic heterocycles. The lowest BCUT2D eigenvalue weighted by Crippen LogP contribution is -2.59. The van der Waals surface area contributed by atoms with Crippen LogP contribution in [0.2, 0.25) is 0 Å². The van der Waals surface area contributed by atoms with Gasteiger partial charge >= 0.3 is 0 Å². The van der Waals surface area contributed by atoms with Crippen LogP contribution in [0.25, 0.3) is 0 Å². The van der Waals surface area contributed by atoms with E-state index >= 15 is 0 Å². The smallest absolute Gasteiger partial charge is 0.270 e. The van der Waals surface area contributed by atoms with Gasteiger partial charge in [0.2, 0.25) is 5.91 Å². The number of hydrogen-bond donors (Lipinski definition) is 1. The Kier molecular flexibility index (Phi) is 3.21. The fourth-order valence-corrected chi connectivity index (χ4v) is 4.98. The number of para-hydroxylation sites is 1. The summed E-state index contributed by atoms with van der Waals surface area (Å²) in [6, 6.07) is 6.59. The molecule has 2 saturated heterocycles. The van der Waals surface area contributed by atoms with Crippen LogP contribution >= 0.6 is 0 Å². The van der Waals surface area contributed by atoms with Crippen molar-refractivity contribution in [3.63, 3.8) is 0 Å². The highest BCUT2D eigenvalue weighted by Gasteiger charge is 2.62. The van der Waals surface area contributed by atoms with Gasteiger partial charge < -0.3 is 10.2 Å². The summed E-state index contributed by atoms with van der Waals surface area (Å²) in [7, 11) is 0. The molecule has 1 aromatic carbocycles. The molecule has 6 heteroatoms. The molecule has 0 aliphatic carbocycles. The number of amides is 3. The SMILES string of the molecule is CC(C)=CC1N2C(=O)C3CCCN3C(=O)C2=CC12C(=O)Nc1ccccc12. The van der Waals surface area contributed by atoms with Crippen LogP contribution in [0.3, 0.4) is 0 Å². The van der Waals surface area contributed by atoms with Gasteiger partial charge in [-0.05, 0) is 44.4 Å². The maximum Gasteiger partial charge on any atom is 0.270 e. The van der Waals surface area contributed by atoms with Gasteiger partial charge in [-0.15, -0.1) is 0 Å². The summed E-state index contributed by atoms with van der Waals surface area (Å²) >= 11 is 0. The predicted octanol–water partition coefficient (Wildman–Crippen LogP) is 1.94. The third-order valence-electron chi connectivity index (χ3n) is 6.11. The Morgan fingerprint density at radius 3 is 2.78 bits per heavy atom. The Bertz CT molecular complexity index is 959. The number of benzene rings is 1. The molecule has 0 bridgehead atoms. The van der Waals surface area contributed by atoms with Gasteiger partial charge in [0.25, 0.3) is 11.8 Å². The number of carbonyl (C=O) groups excluding carboxylic acids is 3. The van der Waals surface area contributed by atoms with E-state index < -0.39 is 17.5 Å². The first kappa shape index (κ1) is 16.3. The van der Waals surface area contributed by atoms with Gasteiger partial charge in [0.1, 0.15) is 17.2 Å². The molecular weight excluding hydrogens is 342 g/mol. The summed E-state index contributed by atoms with van der Waals surface area (Å²) in [4.78, 5) is 42.9. The maximum atomic E-state index is 13.3.